The average Bonchev–Trinajstić information content (AvgIpc) is 2.81. The van der Waals surface area contributed by atoms with Crippen molar-refractivity contribution in [3.63, 3.8) is 0 Å². The summed E-state index contributed by atoms with van der Waals surface area (Å²) in [6, 6.07) is 0. The van der Waals surface area contributed by atoms with Crippen molar-refractivity contribution in [1.82, 2.24) is 0 Å². The molecule has 1 saturated carbocycles. The Morgan fingerprint density at radius 3 is 2.92 bits per heavy atom. The topological polar surface area (TPSA) is 47.6 Å². The molecule has 2 aliphatic rings. The van der Waals surface area contributed by atoms with Crippen molar-refractivity contribution in [3.05, 3.63) is 11.8 Å². The molecular weight excluding hydrogens is 152 g/mol. The monoisotopic (exact) mass is 166 g/mol. The van der Waals surface area contributed by atoms with Crippen molar-refractivity contribution in [2.75, 3.05) is 0 Å². The third-order valence-corrected chi connectivity index (χ3v) is 2.17. The maximum absolute atomic E-state index is 5.69. The smallest absolute Gasteiger partial charge is 0.133 e. The van der Waals surface area contributed by atoms with Gasteiger partial charge >= 0.3 is 0 Å². The highest BCUT2D eigenvalue weighted by Crippen LogP contribution is 2.27. The second-order valence-electron chi connectivity index (χ2n) is 3.51. The number of allylic oxidation sites excluding steroid dienone is 1. The average molecular weight is 166 g/mol. The fraction of sp³-hybridized carbons (Fsp3) is 0.667. The molecule has 0 radical (unpaired) electrons. The van der Waals surface area contributed by atoms with Gasteiger partial charge in [0, 0.05) is 5.92 Å². The molecule has 3 heteroatoms. The zero-order chi connectivity index (χ0) is 8.55. The molecule has 0 aromatic carbocycles. The SMILES string of the molecule is CC1C=C(OC2CC2)C=NC1N. The van der Waals surface area contributed by atoms with Crippen molar-refractivity contribution in [2.24, 2.45) is 16.6 Å². The minimum atomic E-state index is -0.0865. The van der Waals surface area contributed by atoms with E-state index in [1.807, 2.05) is 0 Å². The molecule has 2 unspecified atom stereocenters. The first-order valence-corrected chi connectivity index (χ1v) is 4.43. The maximum Gasteiger partial charge on any atom is 0.133 e. The van der Waals surface area contributed by atoms with Crippen LogP contribution < -0.4 is 5.73 Å². The molecule has 0 bridgehead atoms. The molecule has 1 aliphatic carbocycles. The van der Waals surface area contributed by atoms with E-state index < -0.39 is 0 Å². The molecule has 2 rings (SSSR count). The lowest BCUT2D eigenvalue weighted by atomic mass is 10.1. The Kier molecular flexibility index (Phi) is 1.89. The van der Waals surface area contributed by atoms with E-state index in [1.165, 1.54) is 12.8 Å². The van der Waals surface area contributed by atoms with Gasteiger partial charge in [0.25, 0.3) is 0 Å². The van der Waals surface area contributed by atoms with E-state index in [-0.39, 0.29) is 6.17 Å². The van der Waals surface area contributed by atoms with Gasteiger partial charge in [-0.15, -0.1) is 0 Å². The van der Waals surface area contributed by atoms with Gasteiger partial charge in [0.2, 0.25) is 0 Å². The summed E-state index contributed by atoms with van der Waals surface area (Å²) in [5.74, 6) is 1.19. The molecule has 2 N–H and O–H groups in total. The minimum Gasteiger partial charge on any atom is -0.489 e. The summed E-state index contributed by atoms with van der Waals surface area (Å²) in [6.45, 7) is 2.05. The van der Waals surface area contributed by atoms with Crippen molar-refractivity contribution < 1.29 is 4.74 Å². The zero-order valence-corrected chi connectivity index (χ0v) is 7.23. The molecular formula is C9H14N2O. The maximum atomic E-state index is 5.69. The third-order valence-electron chi connectivity index (χ3n) is 2.17. The van der Waals surface area contributed by atoms with Gasteiger partial charge in [0.05, 0.1) is 12.3 Å². The van der Waals surface area contributed by atoms with Gasteiger partial charge in [-0.2, -0.15) is 0 Å². The molecule has 0 aromatic rings. The van der Waals surface area contributed by atoms with Crippen LogP contribution in [0.4, 0.5) is 0 Å². The normalized spacial score (nSPS) is 34.7. The number of dihydropyridines is 1. The van der Waals surface area contributed by atoms with Gasteiger partial charge < -0.3 is 10.5 Å². The van der Waals surface area contributed by atoms with Gasteiger partial charge in [-0.1, -0.05) is 6.92 Å². The van der Waals surface area contributed by atoms with Gasteiger partial charge in [-0.25, -0.2) is 0 Å². The summed E-state index contributed by atoms with van der Waals surface area (Å²) in [7, 11) is 0. The number of rotatable bonds is 2. The summed E-state index contributed by atoms with van der Waals surface area (Å²) < 4.78 is 5.58. The van der Waals surface area contributed by atoms with E-state index >= 15 is 0 Å². The van der Waals surface area contributed by atoms with Crippen LogP contribution in [0.1, 0.15) is 19.8 Å². The van der Waals surface area contributed by atoms with Gasteiger partial charge in [0.1, 0.15) is 11.9 Å². The Morgan fingerprint density at radius 1 is 1.58 bits per heavy atom. The predicted octanol–water partition coefficient (Wildman–Crippen LogP) is 1.05. The Bertz CT molecular complexity index is 231. The molecule has 1 aliphatic heterocycles. The van der Waals surface area contributed by atoms with Crippen LogP contribution >= 0.6 is 0 Å². The number of hydrogen-bond donors (Lipinski definition) is 1. The van der Waals surface area contributed by atoms with Crippen LogP contribution in [0, 0.1) is 5.92 Å². The standard InChI is InChI=1S/C9H14N2O/c1-6-4-8(5-11-9(6)10)12-7-2-3-7/h4-7,9H,2-3,10H2,1H3. The molecule has 66 valence electrons. The highest BCUT2D eigenvalue weighted by Gasteiger charge is 2.25. The van der Waals surface area contributed by atoms with Gasteiger partial charge in [-0.3, -0.25) is 4.99 Å². The second-order valence-corrected chi connectivity index (χ2v) is 3.51. The minimum absolute atomic E-state index is 0.0865. The fourth-order valence-electron chi connectivity index (χ4n) is 1.14. The van der Waals surface area contributed by atoms with Gasteiger partial charge in [-0.05, 0) is 18.9 Å². The highest BCUT2D eigenvalue weighted by atomic mass is 16.5. The predicted molar refractivity (Wildman–Crippen MR) is 47.8 cm³/mol. The molecule has 0 aromatic heterocycles. The fourth-order valence-corrected chi connectivity index (χ4v) is 1.14. The number of nitrogens with zero attached hydrogens (tertiary/aromatic N) is 1. The van der Waals surface area contributed by atoms with E-state index in [4.69, 9.17) is 10.5 Å². The Hall–Kier alpha value is -0.830. The first-order valence-electron chi connectivity index (χ1n) is 4.43. The quantitative estimate of drug-likeness (QED) is 0.666. The van der Waals surface area contributed by atoms with Crippen LogP contribution in [0.2, 0.25) is 0 Å². The van der Waals surface area contributed by atoms with Crippen LogP contribution in [0.15, 0.2) is 16.8 Å². The molecule has 2 atom stereocenters. The van der Waals surface area contributed by atoms with Crippen LogP contribution in [0.3, 0.4) is 0 Å². The zero-order valence-electron chi connectivity index (χ0n) is 7.23. The van der Waals surface area contributed by atoms with Crippen molar-refractivity contribution in [3.8, 4) is 0 Å². The third kappa shape index (κ3) is 1.67. The van der Waals surface area contributed by atoms with Gasteiger partial charge in [0.15, 0.2) is 0 Å². The Morgan fingerprint density at radius 2 is 2.33 bits per heavy atom. The first kappa shape index (κ1) is 7.80. The van der Waals surface area contributed by atoms with E-state index in [0.29, 0.717) is 12.0 Å². The largest absolute Gasteiger partial charge is 0.489 e. The summed E-state index contributed by atoms with van der Waals surface area (Å²) in [6.07, 6.45) is 6.52. The Labute approximate surface area is 72.3 Å². The van der Waals surface area contributed by atoms with E-state index in [2.05, 4.69) is 18.0 Å². The molecule has 12 heavy (non-hydrogen) atoms. The molecule has 1 fully saturated rings. The lowest BCUT2D eigenvalue weighted by Gasteiger charge is -2.18. The van der Waals surface area contributed by atoms with E-state index in [1.54, 1.807) is 6.21 Å². The number of ether oxygens (including phenoxy) is 1. The number of aliphatic imine (C=N–C) groups is 1. The highest BCUT2D eigenvalue weighted by molar-refractivity contribution is 5.77. The molecule has 0 amide bonds. The summed E-state index contributed by atoms with van der Waals surface area (Å²) >= 11 is 0. The van der Waals surface area contributed by atoms with Crippen molar-refractivity contribution in [1.29, 1.82) is 0 Å². The number of nitrogens with two attached hydrogens (primary N) is 1. The molecule has 3 nitrogen and oxygen atoms in total. The first-order chi connectivity index (χ1) is 5.75. The second kappa shape index (κ2) is 2.90. The van der Waals surface area contributed by atoms with Crippen molar-refractivity contribution in [2.45, 2.75) is 32.0 Å². The van der Waals surface area contributed by atoms with Crippen molar-refractivity contribution >= 4 is 6.21 Å². The van der Waals surface area contributed by atoms with Crippen LogP contribution in [0.5, 0.6) is 0 Å². The summed E-state index contributed by atoms with van der Waals surface area (Å²) in [5.41, 5.74) is 5.69. The Balaban J connectivity index is 1.97. The summed E-state index contributed by atoms with van der Waals surface area (Å²) in [4.78, 5) is 4.13. The lowest BCUT2D eigenvalue weighted by Crippen LogP contribution is -2.28. The van der Waals surface area contributed by atoms with E-state index in [9.17, 15) is 0 Å². The lowest BCUT2D eigenvalue weighted by molar-refractivity contribution is 0.212. The molecule has 0 spiro atoms. The van der Waals surface area contributed by atoms with Crippen LogP contribution in [-0.4, -0.2) is 18.5 Å². The number of hydrogen-bond acceptors (Lipinski definition) is 3. The van der Waals surface area contributed by atoms with Crippen LogP contribution in [-0.2, 0) is 4.74 Å². The summed E-state index contributed by atoms with van der Waals surface area (Å²) in [5, 5.41) is 0. The molecule has 0 saturated heterocycles. The molecule has 1 heterocycles. The van der Waals surface area contributed by atoms with Crippen LogP contribution in [0.25, 0.3) is 0 Å². The van der Waals surface area contributed by atoms with E-state index in [0.717, 1.165) is 5.76 Å².